The Bertz CT molecular complexity index is 592. The minimum absolute atomic E-state index is 0.125. The maximum atomic E-state index is 12.3. The van der Waals surface area contributed by atoms with Crippen molar-refractivity contribution in [1.29, 1.82) is 0 Å². The lowest BCUT2D eigenvalue weighted by atomic mass is 10.1. The quantitative estimate of drug-likeness (QED) is 0.481. The molecule has 2 amide bonds. The predicted octanol–water partition coefficient (Wildman–Crippen LogP) is 1.41. The number of phenolic OH excluding ortho intramolecular Hbond substituents is 1. The summed E-state index contributed by atoms with van der Waals surface area (Å²) in [6.07, 6.45) is 4.46. The number of benzene rings is 1. The molecule has 0 heterocycles. The maximum Gasteiger partial charge on any atom is 0.317 e. The predicted molar refractivity (Wildman–Crippen MR) is 94.6 cm³/mol. The van der Waals surface area contributed by atoms with E-state index in [-0.39, 0.29) is 18.3 Å². The molecule has 0 spiro atoms. The fourth-order valence-electron chi connectivity index (χ4n) is 2.96. The molecule has 0 saturated heterocycles. The van der Waals surface area contributed by atoms with Gasteiger partial charge in [0.2, 0.25) is 0 Å². The lowest BCUT2D eigenvalue weighted by Gasteiger charge is -2.26. The molecule has 0 atom stereocenters. The Morgan fingerprint density at radius 3 is 2.38 bits per heavy atom. The summed E-state index contributed by atoms with van der Waals surface area (Å²) in [4.78, 5) is 14.1. The van der Waals surface area contributed by atoms with Crippen molar-refractivity contribution in [3.63, 3.8) is 0 Å². The Kier molecular flexibility index (Phi) is 5.92. The smallest absolute Gasteiger partial charge is 0.317 e. The number of hydrogen-bond acceptors (Lipinski definition) is 5. The average molecular weight is 333 g/mol. The first-order chi connectivity index (χ1) is 11.4. The van der Waals surface area contributed by atoms with Crippen LogP contribution in [-0.2, 0) is 0 Å². The van der Waals surface area contributed by atoms with Crippen molar-refractivity contribution in [1.82, 2.24) is 15.2 Å². The Balaban J connectivity index is 2.06. The van der Waals surface area contributed by atoms with E-state index in [0.29, 0.717) is 17.4 Å². The number of nitrogens with zero attached hydrogens (tertiary/aromatic N) is 2. The van der Waals surface area contributed by atoms with Gasteiger partial charge in [-0.05, 0) is 42.7 Å². The van der Waals surface area contributed by atoms with Crippen molar-refractivity contribution in [3.05, 3.63) is 35.5 Å². The van der Waals surface area contributed by atoms with Crippen molar-refractivity contribution in [2.45, 2.75) is 31.7 Å². The van der Waals surface area contributed by atoms with Gasteiger partial charge in [0.05, 0.1) is 17.9 Å². The molecule has 0 aliphatic heterocycles. The standard InChI is InChI=1S/C17H27N5O2/c1-21(13-5-3-4-6-13)17(24)20-11-15(22(2)19)16(18)12-7-9-14(23)10-8-12/h7-10,13,23H,3-6,11,18-19H2,1-2H3,(H,20,24)/b16-15-. The highest BCUT2D eigenvalue weighted by Crippen LogP contribution is 2.22. The number of hydrazine groups is 1. The highest BCUT2D eigenvalue weighted by molar-refractivity contribution is 5.75. The highest BCUT2D eigenvalue weighted by Gasteiger charge is 2.23. The zero-order valence-electron chi connectivity index (χ0n) is 14.3. The van der Waals surface area contributed by atoms with Crippen LogP contribution in [0.5, 0.6) is 5.75 Å². The second kappa shape index (κ2) is 7.92. The highest BCUT2D eigenvalue weighted by atomic mass is 16.3. The van der Waals surface area contributed by atoms with Crippen molar-refractivity contribution in [3.8, 4) is 5.75 Å². The molecule has 0 unspecified atom stereocenters. The van der Waals surface area contributed by atoms with E-state index in [2.05, 4.69) is 5.32 Å². The number of amides is 2. The fraction of sp³-hybridized carbons (Fsp3) is 0.471. The van der Waals surface area contributed by atoms with Gasteiger partial charge in [0.15, 0.2) is 0 Å². The number of rotatable bonds is 5. The molecule has 1 aromatic carbocycles. The van der Waals surface area contributed by atoms with Crippen molar-refractivity contribution < 1.29 is 9.90 Å². The normalized spacial score (nSPS) is 15.8. The lowest BCUT2D eigenvalue weighted by Crippen LogP contribution is -2.45. The number of likely N-dealkylation sites (N-methyl/N-ethyl adjacent to an activating group) is 1. The summed E-state index contributed by atoms with van der Waals surface area (Å²) >= 11 is 0. The molecule has 0 aromatic heterocycles. The van der Waals surface area contributed by atoms with E-state index in [1.807, 2.05) is 7.05 Å². The first-order valence-corrected chi connectivity index (χ1v) is 8.17. The molecule has 1 aliphatic rings. The van der Waals surface area contributed by atoms with Gasteiger partial charge >= 0.3 is 6.03 Å². The molecular weight excluding hydrogens is 306 g/mol. The molecule has 1 aromatic rings. The zero-order chi connectivity index (χ0) is 17.7. The number of nitrogens with one attached hydrogen (secondary N) is 1. The lowest BCUT2D eigenvalue weighted by molar-refractivity contribution is 0.191. The van der Waals surface area contributed by atoms with E-state index in [1.165, 1.54) is 17.9 Å². The van der Waals surface area contributed by atoms with Crippen LogP contribution in [0.3, 0.4) is 0 Å². The van der Waals surface area contributed by atoms with E-state index in [4.69, 9.17) is 11.6 Å². The summed E-state index contributed by atoms with van der Waals surface area (Å²) in [5, 5.41) is 13.7. The second-order valence-corrected chi connectivity index (χ2v) is 6.23. The molecule has 7 nitrogen and oxygen atoms in total. The zero-order valence-corrected chi connectivity index (χ0v) is 14.3. The number of urea groups is 1. The summed E-state index contributed by atoms with van der Waals surface area (Å²) in [5.74, 6) is 6.04. The SMILES string of the molecule is CN(N)/C(CNC(=O)N(C)C1CCCC1)=C(\N)c1ccc(O)cc1. The van der Waals surface area contributed by atoms with Gasteiger partial charge in [-0.25, -0.2) is 10.6 Å². The Hall–Kier alpha value is -2.41. The van der Waals surface area contributed by atoms with Crippen molar-refractivity contribution in [2.24, 2.45) is 11.6 Å². The summed E-state index contributed by atoms with van der Waals surface area (Å²) < 4.78 is 0. The molecule has 1 saturated carbocycles. The topological polar surface area (TPSA) is 108 Å². The summed E-state index contributed by atoms with van der Waals surface area (Å²) in [6, 6.07) is 6.72. The molecule has 6 N–H and O–H groups in total. The minimum Gasteiger partial charge on any atom is -0.508 e. The monoisotopic (exact) mass is 333 g/mol. The van der Waals surface area contributed by atoms with E-state index < -0.39 is 0 Å². The number of aromatic hydroxyl groups is 1. The number of carbonyl (C=O) groups is 1. The Morgan fingerprint density at radius 1 is 1.25 bits per heavy atom. The number of hydrogen-bond donors (Lipinski definition) is 4. The third kappa shape index (κ3) is 4.32. The Labute approximate surface area is 142 Å². The molecule has 2 rings (SSSR count). The first kappa shape index (κ1) is 17.9. The van der Waals surface area contributed by atoms with Gasteiger partial charge in [-0.2, -0.15) is 0 Å². The molecule has 132 valence electrons. The van der Waals surface area contributed by atoms with Crippen LogP contribution in [0.4, 0.5) is 4.79 Å². The molecule has 1 aliphatic carbocycles. The van der Waals surface area contributed by atoms with Crippen molar-refractivity contribution in [2.75, 3.05) is 20.6 Å². The largest absolute Gasteiger partial charge is 0.508 e. The van der Waals surface area contributed by atoms with Gasteiger partial charge < -0.3 is 26.1 Å². The van der Waals surface area contributed by atoms with Crippen LogP contribution in [-0.4, -0.2) is 47.7 Å². The van der Waals surface area contributed by atoms with Gasteiger partial charge in [0.1, 0.15) is 5.75 Å². The van der Waals surface area contributed by atoms with Crippen LogP contribution in [0.2, 0.25) is 0 Å². The van der Waals surface area contributed by atoms with Gasteiger partial charge in [-0.3, -0.25) is 0 Å². The maximum absolute atomic E-state index is 12.3. The van der Waals surface area contributed by atoms with Crippen molar-refractivity contribution >= 4 is 11.7 Å². The molecule has 24 heavy (non-hydrogen) atoms. The van der Waals surface area contributed by atoms with Gasteiger partial charge in [-0.15, -0.1) is 0 Å². The van der Waals surface area contributed by atoms with Crippen LogP contribution in [0.25, 0.3) is 5.70 Å². The third-order valence-corrected chi connectivity index (χ3v) is 4.51. The summed E-state index contributed by atoms with van der Waals surface area (Å²) in [5.41, 5.74) is 7.99. The van der Waals surface area contributed by atoms with Crippen LogP contribution < -0.4 is 16.9 Å². The third-order valence-electron chi connectivity index (χ3n) is 4.51. The number of carbonyl (C=O) groups excluding carboxylic acids is 1. The van der Waals surface area contributed by atoms with Crippen LogP contribution in [0.15, 0.2) is 30.0 Å². The molecule has 1 fully saturated rings. The summed E-state index contributed by atoms with van der Waals surface area (Å²) in [6.45, 7) is 0.232. The van der Waals surface area contributed by atoms with Gasteiger partial charge in [-0.1, -0.05) is 12.8 Å². The molecule has 0 bridgehead atoms. The summed E-state index contributed by atoms with van der Waals surface area (Å²) in [7, 11) is 3.50. The number of phenols is 1. The fourth-order valence-corrected chi connectivity index (χ4v) is 2.96. The minimum atomic E-state index is -0.125. The van der Waals surface area contributed by atoms with Gasteiger partial charge in [0.25, 0.3) is 0 Å². The van der Waals surface area contributed by atoms with Gasteiger partial charge in [0, 0.05) is 20.1 Å². The molecule has 7 heteroatoms. The van der Waals surface area contributed by atoms with Crippen LogP contribution in [0.1, 0.15) is 31.2 Å². The second-order valence-electron chi connectivity index (χ2n) is 6.23. The van der Waals surface area contributed by atoms with Crippen LogP contribution in [0, 0.1) is 0 Å². The Morgan fingerprint density at radius 2 is 1.83 bits per heavy atom. The molecule has 0 radical (unpaired) electrons. The first-order valence-electron chi connectivity index (χ1n) is 8.17. The van der Waals surface area contributed by atoms with E-state index in [9.17, 15) is 9.90 Å². The van der Waals surface area contributed by atoms with E-state index in [0.717, 1.165) is 18.4 Å². The van der Waals surface area contributed by atoms with E-state index in [1.54, 1.807) is 36.2 Å². The van der Waals surface area contributed by atoms with E-state index >= 15 is 0 Å². The molecular formula is C17H27N5O2. The van der Waals surface area contributed by atoms with Crippen LogP contribution >= 0.6 is 0 Å². The number of nitrogens with two attached hydrogens (primary N) is 2. The average Bonchev–Trinajstić information content (AvgIpc) is 3.08.